The zero-order valence-corrected chi connectivity index (χ0v) is 19.9. The van der Waals surface area contributed by atoms with Crippen molar-refractivity contribution in [2.75, 3.05) is 33.8 Å². The molecule has 1 amide bonds. The van der Waals surface area contributed by atoms with Gasteiger partial charge in [-0.1, -0.05) is 38.0 Å². The number of hydrogen-bond acceptors (Lipinski definition) is 3. The van der Waals surface area contributed by atoms with Crippen LogP contribution in [-0.2, 0) is 11.2 Å². The quantitative estimate of drug-likeness (QED) is 0.430. The number of nitrogens with zero attached hydrogens (tertiary/aromatic N) is 2. The fraction of sp³-hybridized carbons (Fsp3) is 0.600. The van der Waals surface area contributed by atoms with Gasteiger partial charge in [0.15, 0.2) is 0 Å². The third-order valence-corrected chi connectivity index (χ3v) is 7.16. The average Bonchev–Trinajstić information content (AvgIpc) is 2.73. The molecule has 3 unspecified atom stereocenters. The van der Waals surface area contributed by atoms with Crippen molar-refractivity contribution in [2.45, 2.75) is 50.8 Å². The Bertz CT molecular complexity index is 886. The number of carbonyl (C=O) groups is 1. The minimum absolute atomic E-state index is 0.176. The van der Waals surface area contributed by atoms with Gasteiger partial charge in [-0.3, -0.25) is 4.79 Å². The SMILES string of the molecule is CCCCc1cc2ccccc2c(OCC[N+](C)(C)CC2CCCC(C(N)=O)C2Cl)n1. The summed E-state index contributed by atoms with van der Waals surface area (Å²) < 4.78 is 7.00. The summed E-state index contributed by atoms with van der Waals surface area (Å²) in [5, 5.41) is 2.06. The highest BCUT2D eigenvalue weighted by Gasteiger charge is 2.38. The number of aryl methyl sites for hydroxylation is 1. The molecule has 3 atom stereocenters. The summed E-state index contributed by atoms with van der Waals surface area (Å²) in [5.74, 6) is 0.544. The smallest absolute Gasteiger partial charge is 0.222 e. The van der Waals surface area contributed by atoms with Crippen LogP contribution in [0.3, 0.4) is 0 Å². The highest BCUT2D eigenvalue weighted by molar-refractivity contribution is 6.22. The monoisotopic (exact) mass is 446 g/mol. The van der Waals surface area contributed by atoms with Crippen molar-refractivity contribution in [3.63, 3.8) is 0 Å². The van der Waals surface area contributed by atoms with E-state index < -0.39 is 0 Å². The zero-order valence-electron chi connectivity index (χ0n) is 19.1. The lowest BCUT2D eigenvalue weighted by molar-refractivity contribution is -0.893. The van der Waals surface area contributed by atoms with Crippen LogP contribution in [0.25, 0.3) is 10.8 Å². The Hall–Kier alpha value is -1.85. The molecule has 0 radical (unpaired) electrons. The van der Waals surface area contributed by atoms with E-state index in [2.05, 4.69) is 45.3 Å². The van der Waals surface area contributed by atoms with Gasteiger partial charge in [0.1, 0.15) is 13.2 Å². The number of likely N-dealkylation sites (N-methyl/N-ethyl adjacent to an activating group) is 1. The van der Waals surface area contributed by atoms with E-state index in [0.717, 1.165) is 73.1 Å². The molecule has 1 aromatic carbocycles. The van der Waals surface area contributed by atoms with E-state index in [4.69, 9.17) is 27.1 Å². The number of halogens is 1. The van der Waals surface area contributed by atoms with Gasteiger partial charge in [0.05, 0.1) is 31.9 Å². The number of fused-ring (bicyclic) bond motifs is 1. The maximum absolute atomic E-state index is 11.7. The molecule has 5 nitrogen and oxygen atoms in total. The van der Waals surface area contributed by atoms with Gasteiger partial charge in [-0.25, -0.2) is 4.98 Å². The number of carbonyl (C=O) groups excluding carboxylic acids is 1. The standard InChI is InChI=1S/C25H36ClN3O2/c1-4-5-11-20-16-18-9-6-7-12-21(18)25(28-20)31-15-14-29(2,3)17-19-10-8-13-22(23(19)26)24(27)30/h6-7,9,12,16,19,22-23H,4-5,8,10-11,13-15,17H2,1-3H3,(H-,27,30)/p+1. The summed E-state index contributed by atoms with van der Waals surface area (Å²) >= 11 is 6.65. The minimum atomic E-state index is -0.265. The molecular weight excluding hydrogens is 410 g/mol. The molecule has 1 heterocycles. The largest absolute Gasteiger partial charge is 0.471 e. The van der Waals surface area contributed by atoms with Crippen LogP contribution in [-0.4, -0.2) is 54.5 Å². The van der Waals surface area contributed by atoms with Gasteiger partial charge in [-0.05, 0) is 43.2 Å². The van der Waals surface area contributed by atoms with Crippen LogP contribution in [0, 0.1) is 11.8 Å². The number of quaternary nitrogens is 1. The molecular formula is C25H37ClN3O2+. The molecule has 6 heteroatoms. The van der Waals surface area contributed by atoms with Crippen molar-refractivity contribution in [3.8, 4) is 5.88 Å². The second-order valence-electron chi connectivity index (χ2n) is 9.58. The number of benzene rings is 1. The van der Waals surface area contributed by atoms with Gasteiger partial charge < -0.3 is 15.0 Å². The number of alkyl halides is 1. The van der Waals surface area contributed by atoms with Crippen LogP contribution >= 0.6 is 11.6 Å². The first-order valence-electron chi connectivity index (χ1n) is 11.6. The highest BCUT2D eigenvalue weighted by atomic mass is 35.5. The summed E-state index contributed by atoms with van der Waals surface area (Å²) in [6, 6.07) is 10.5. The molecule has 1 aliphatic carbocycles. The number of hydrogen-bond donors (Lipinski definition) is 1. The minimum Gasteiger partial charge on any atom is -0.471 e. The second kappa shape index (κ2) is 10.6. The van der Waals surface area contributed by atoms with Crippen LogP contribution in [0.15, 0.2) is 30.3 Å². The maximum atomic E-state index is 11.7. The van der Waals surface area contributed by atoms with Crippen LogP contribution < -0.4 is 10.5 Å². The zero-order chi connectivity index (χ0) is 22.4. The predicted octanol–water partition coefficient (Wildman–Crippen LogP) is 4.54. The third kappa shape index (κ3) is 6.33. The molecule has 0 saturated heterocycles. The van der Waals surface area contributed by atoms with E-state index in [1.807, 2.05) is 6.07 Å². The molecule has 2 aromatic rings. The lowest BCUT2D eigenvalue weighted by atomic mass is 9.80. The molecule has 1 fully saturated rings. The van der Waals surface area contributed by atoms with Crippen LogP contribution in [0.4, 0.5) is 0 Å². The van der Waals surface area contributed by atoms with Crippen molar-refractivity contribution >= 4 is 28.3 Å². The summed E-state index contributed by atoms with van der Waals surface area (Å²) in [4.78, 5) is 16.5. The fourth-order valence-corrected chi connectivity index (χ4v) is 5.13. The predicted molar refractivity (Wildman–Crippen MR) is 127 cm³/mol. The van der Waals surface area contributed by atoms with Gasteiger partial charge in [0, 0.05) is 17.0 Å². The number of nitrogens with two attached hydrogens (primary N) is 1. The molecule has 0 bridgehead atoms. The summed E-state index contributed by atoms with van der Waals surface area (Å²) in [5.41, 5.74) is 6.65. The Labute approximate surface area is 191 Å². The Morgan fingerprint density at radius 1 is 1.29 bits per heavy atom. The highest BCUT2D eigenvalue weighted by Crippen LogP contribution is 2.34. The topological polar surface area (TPSA) is 65.2 Å². The van der Waals surface area contributed by atoms with Gasteiger partial charge in [0.2, 0.25) is 11.8 Å². The molecule has 0 spiro atoms. The van der Waals surface area contributed by atoms with Gasteiger partial charge in [0.25, 0.3) is 0 Å². The van der Waals surface area contributed by atoms with Gasteiger partial charge >= 0.3 is 0 Å². The summed E-state index contributed by atoms with van der Waals surface area (Å²) in [6.07, 6.45) is 6.12. The summed E-state index contributed by atoms with van der Waals surface area (Å²) in [7, 11) is 4.40. The number of primary amides is 1. The average molecular weight is 447 g/mol. The Kier molecular flexibility index (Phi) is 8.17. The number of unbranched alkanes of at least 4 members (excludes halogenated alkanes) is 1. The molecule has 3 rings (SSSR count). The number of amides is 1. The third-order valence-electron chi connectivity index (χ3n) is 6.50. The van der Waals surface area contributed by atoms with Crippen molar-refractivity contribution in [1.82, 2.24) is 4.98 Å². The first kappa shape index (κ1) is 23.8. The number of pyridine rings is 1. The van der Waals surface area contributed by atoms with Crippen molar-refractivity contribution in [3.05, 3.63) is 36.0 Å². The first-order valence-corrected chi connectivity index (χ1v) is 12.0. The molecule has 170 valence electrons. The van der Waals surface area contributed by atoms with E-state index >= 15 is 0 Å². The number of ether oxygens (including phenoxy) is 1. The van der Waals surface area contributed by atoms with Crippen LogP contribution in [0.1, 0.15) is 44.7 Å². The van der Waals surface area contributed by atoms with Gasteiger partial charge in [-0.2, -0.15) is 0 Å². The Morgan fingerprint density at radius 3 is 2.81 bits per heavy atom. The van der Waals surface area contributed by atoms with E-state index in [0.29, 0.717) is 12.5 Å². The second-order valence-corrected chi connectivity index (χ2v) is 10.1. The van der Waals surface area contributed by atoms with Crippen LogP contribution in [0.2, 0.25) is 0 Å². The Morgan fingerprint density at radius 2 is 2.06 bits per heavy atom. The van der Waals surface area contributed by atoms with Crippen molar-refractivity contribution in [2.24, 2.45) is 17.6 Å². The molecule has 31 heavy (non-hydrogen) atoms. The first-order chi connectivity index (χ1) is 14.8. The molecule has 2 N–H and O–H groups in total. The maximum Gasteiger partial charge on any atom is 0.222 e. The number of aromatic nitrogens is 1. The van der Waals surface area contributed by atoms with E-state index in [-0.39, 0.29) is 17.2 Å². The van der Waals surface area contributed by atoms with Crippen molar-refractivity contribution < 1.29 is 14.0 Å². The molecule has 1 aliphatic rings. The normalized spacial score (nSPS) is 21.9. The number of rotatable bonds is 10. The van der Waals surface area contributed by atoms with Crippen molar-refractivity contribution in [1.29, 1.82) is 0 Å². The van der Waals surface area contributed by atoms with E-state index in [9.17, 15) is 4.79 Å². The lowest BCUT2D eigenvalue weighted by Crippen LogP contribution is -2.50. The fourth-order valence-electron chi connectivity index (χ4n) is 4.67. The van der Waals surface area contributed by atoms with E-state index in [1.165, 1.54) is 5.39 Å². The lowest BCUT2D eigenvalue weighted by Gasteiger charge is -2.38. The van der Waals surface area contributed by atoms with E-state index in [1.54, 1.807) is 0 Å². The van der Waals surface area contributed by atoms with Crippen LogP contribution in [0.5, 0.6) is 5.88 Å². The molecule has 1 aromatic heterocycles. The molecule has 1 saturated carbocycles. The summed E-state index contributed by atoms with van der Waals surface area (Å²) in [6.45, 7) is 4.53. The molecule has 0 aliphatic heterocycles. The van der Waals surface area contributed by atoms with Gasteiger partial charge in [-0.15, -0.1) is 11.6 Å². The Balaban J connectivity index is 1.63.